The molecule has 0 saturated heterocycles. The van der Waals surface area contributed by atoms with Crippen LogP contribution in [0.3, 0.4) is 0 Å². The number of ether oxygens (including phenoxy) is 1. The van der Waals surface area contributed by atoms with Crippen LogP contribution in [0.4, 0.5) is 0 Å². The van der Waals surface area contributed by atoms with E-state index in [0.29, 0.717) is 15.1 Å². The SMILES string of the molecule is COc1ccc(CCC(Cn2ccnc2)Sc2c(Cl)cc(Cl)cc2Cl)cc1. The standard InChI is InChI=1S/C20H19Cl3N2OS/c1-26-16-5-2-14(3-6-16)4-7-17(12-25-9-8-24-13-25)27-20-18(22)10-15(21)11-19(20)23/h2-3,5-6,8-11,13,17H,4,7,12H2,1H3. The van der Waals surface area contributed by atoms with Crippen LogP contribution in [0.2, 0.25) is 15.1 Å². The fraction of sp³-hybridized carbons (Fsp3) is 0.250. The van der Waals surface area contributed by atoms with Crippen LogP contribution in [0.1, 0.15) is 12.0 Å². The summed E-state index contributed by atoms with van der Waals surface area (Å²) in [5.41, 5.74) is 1.26. The normalized spacial score (nSPS) is 12.1. The molecule has 0 N–H and O–H groups in total. The number of methoxy groups -OCH3 is 1. The van der Waals surface area contributed by atoms with Crippen molar-refractivity contribution in [3.63, 3.8) is 0 Å². The van der Waals surface area contributed by atoms with Crippen molar-refractivity contribution < 1.29 is 4.74 Å². The Balaban J connectivity index is 1.74. The average Bonchev–Trinajstić information content (AvgIpc) is 3.16. The zero-order chi connectivity index (χ0) is 19.2. The lowest BCUT2D eigenvalue weighted by molar-refractivity contribution is 0.414. The number of aryl methyl sites for hydroxylation is 1. The van der Waals surface area contributed by atoms with Crippen molar-refractivity contribution in [1.82, 2.24) is 9.55 Å². The van der Waals surface area contributed by atoms with E-state index >= 15 is 0 Å². The van der Waals surface area contributed by atoms with E-state index in [1.807, 2.05) is 24.7 Å². The largest absolute Gasteiger partial charge is 0.497 e. The Morgan fingerprint density at radius 3 is 2.41 bits per heavy atom. The molecule has 1 aromatic heterocycles. The molecule has 0 spiro atoms. The van der Waals surface area contributed by atoms with E-state index in [-0.39, 0.29) is 5.25 Å². The van der Waals surface area contributed by atoms with E-state index in [9.17, 15) is 0 Å². The Labute approximate surface area is 178 Å². The average molecular weight is 442 g/mol. The smallest absolute Gasteiger partial charge is 0.118 e. The van der Waals surface area contributed by atoms with Crippen molar-refractivity contribution in [2.45, 2.75) is 29.5 Å². The summed E-state index contributed by atoms with van der Waals surface area (Å²) in [5, 5.41) is 1.98. The van der Waals surface area contributed by atoms with E-state index in [2.05, 4.69) is 21.7 Å². The fourth-order valence-electron chi connectivity index (χ4n) is 2.75. The van der Waals surface area contributed by atoms with Crippen molar-refractivity contribution in [3.05, 3.63) is 75.8 Å². The summed E-state index contributed by atoms with van der Waals surface area (Å²) in [5.74, 6) is 0.864. The number of halogens is 3. The first-order valence-corrected chi connectivity index (χ1v) is 10.5. The minimum Gasteiger partial charge on any atom is -0.497 e. The predicted octanol–water partition coefficient (Wildman–Crippen LogP) is 6.65. The number of thioether (sulfide) groups is 1. The van der Waals surface area contributed by atoms with Gasteiger partial charge in [-0.15, -0.1) is 11.8 Å². The first-order valence-electron chi connectivity index (χ1n) is 8.45. The maximum absolute atomic E-state index is 6.39. The lowest BCUT2D eigenvalue weighted by Crippen LogP contribution is -2.13. The maximum Gasteiger partial charge on any atom is 0.118 e. The number of hydrogen-bond donors (Lipinski definition) is 0. The Kier molecular flexibility index (Phi) is 7.36. The van der Waals surface area contributed by atoms with Gasteiger partial charge in [-0.3, -0.25) is 0 Å². The van der Waals surface area contributed by atoms with Gasteiger partial charge < -0.3 is 9.30 Å². The number of aromatic nitrogens is 2. The minimum atomic E-state index is 0.275. The van der Waals surface area contributed by atoms with Crippen molar-refractivity contribution in [3.8, 4) is 5.75 Å². The number of nitrogens with zero attached hydrogens (tertiary/aromatic N) is 2. The highest BCUT2D eigenvalue weighted by molar-refractivity contribution is 8.00. The summed E-state index contributed by atoms with van der Waals surface area (Å²) in [6.45, 7) is 0.816. The summed E-state index contributed by atoms with van der Waals surface area (Å²) in [4.78, 5) is 5.00. The van der Waals surface area contributed by atoms with Gasteiger partial charge in [0.15, 0.2) is 0 Å². The third-order valence-corrected chi connectivity index (χ3v) is 6.57. The highest BCUT2D eigenvalue weighted by atomic mass is 35.5. The Hall–Kier alpha value is -1.33. The van der Waals surface area contributed by atoms with Gasteiger partial charge in [0.2, 0.25) is 0 Å². The van der Waals surface area contributed by atoms with E-state index < -0.39 is 0 Å². The molecule has 0 amide bonds. The molecular weight excluding hydrogens is 423 g/mol. The molecule has 27 heavy (non-hydrogen) atoms. The topological polar surface area (TPSA) is 27.1 Å². The minimum absolute atomic E-state index is 0.275. The number of rotatable bonds is 8. The maximum atomic E-state index is 6.39. The molecule has 7 heteroatoms. The van der Waals surface area contributed by atoms with Gasteiger partial charge in [0.05, 0.1) is 23.5 Å². The molecule has 3 nitrogen and oxygen atoms in total. The van der Waals surface area contributed by atoms with Crippen LogP contribution in [0.15, 0.2) is 60.0 Å². The van der Waals surface area contributed by atoms with Crippen LogP contribution in [0, 0.1) is 0 Å². The van der Waals surface area contributed by atoms with Gasteiger partial charge in [0.25, 0.3) is 0 Å². The Bertz CT molecular complexity index is 846. The first-order chi connectivity index (χ1) is 13.0. The zero-order valence-electron chi connectivity index (χ0n) is 14.7. The summed E-state index contributed by atoms with van der Waals surface area (Å²) in [6.07, 6.45) is 7.48. The molecule has 1 heterocycles. The van der Waals surface area contributed by atoms with Gasteiger partial charge in [0.1, 0.15) is 5.75 Å². The number of benzene rings is 2. The van der Waals surface area contributed by atoms with Gasteiger partial charge in [-0.1, -0.05) is 46.9 Å². The van der Waals surface area contributed by atoms with Crippen LogP contribution < -0.4 is 4.74 Å². The molecule has 0 aliphatic rings. The van der Waals surface area contributed by atoms with E-state index in [4.69, 9.17) is 39.5 Å². The van der Waals surface area contributed by atoms with Gasteiger partial charge in [-0.25, -0.2) is 4.98 Å². The summed E-state index contributed by atoms with van der Waals surface area (Å²) in [7, 11) is 1.67. The lowest BCUT2D eigenvalue weighted by Gasteiger charge is -2.19. The van der Waals surface area contributed by atoms with Crippen LogP contribution in [-0.2, 0) is 13.0 Å². The van der Waals surface area contributed by atoms with Crippen molar-refractivity contribution in [2.24, 2.45) is 0 Å². The quantitative estimate of drug-likeness (QED) is 0.366. The molecule has 1 unspecified atom stereocenters. The van der Waals surface area contributed by atoms with Crippen molar-refractivity contribution >= 4 is 46.6 Å². The van der Waals surface area contributed by atoms with Crippen LogP contribution >= 0.6 is 46.6 Å². The molecule has 0 aliphatic carbocycles. The second-order valence-corrected chi connectivity index (χ2v) is 8.65. The van der Waals surface area contributed by atoms with E-state index in [1.165, 1.54) is 5.56 Å². The van der Waals surface area contributed by atoms with Crippen LogP contribution in [-0.4, -0.2) is 21.9 Å². The van der Waals surface area contributed by atoms with Crippen LogP contribution in [0.25, 0.3) is 0 Å². The zero-order valence-corrected chi connectivity index (χ0v) is 17.8. The molecular formula is C20H19Cl3N2OS. The third-order valence-electron chi connectivity index (χ3n) is 4.14. The molecule has 142 valence electrons. The monoisotopic (exact) mass is 440 g/mol. The predicted molar refractivity (Wildman–Crippen MR) is 115 cm³/mol. The molecule has 0 fully saturated rings. The van der Waals surface area contributed by atoms with Crippen molar-refractivity contribution in [1.29, 1.82) is 0 Å². The Morgan fingerprint density at radius 2 is 1.81 bits per heavy atom. The summed E-state index contributed by atoms with van der Waals surface area (Å²) >= 11 is 20.5. The molecule has 0 saturated carbocycles. The van der Waals surface area contributed by atoms with Crippen molar-refractivity contribution in [2.75, 3.05) is 7.11 Å². The second kappa shape index (κ2) is 9.74. The number of hydrogen-bond acceptors (Lipinski definition) is 3. The highest BCUT2D eigenvalue weighted by Gasteiger charge is 2.17. The summed E-state index contributed by atoms with van der Waals surface area (Å²) in [6, 6.07) is 11.6. The molecule has 2 aromatic carbocycles. The highest BCUT2D eigenvalue weighted by Crippen LogP contribution is 2.40. The second-order valence-electron chi connectivity index (χ2n) is 6.08. The van der Waals surface area contributed by atoms with E-state index in [0.717, 1.165) is 30.0 Å². The molecule has 1 atom stereocenters. The van der Waals surface area contributed by atoms with Crippen LogP contribution in [0.5, 0.6) is 5.75 Å². The van der Waals surface area contributed by atoms with E-state index in [1.54, 1.807) is 37.2 Å². The fourth-order valence-corrected chi connectivity index (χ4v) is 4.99. The van der Waals surface area contributed by atoms with Gasteiger partial charge in [-0.2, -0.15) is 0 Å². The van der Waals surface area contributed by atoms with Gasteiger partial charge in [-0.05, 0) is 42.7 Å². The molecule has 3 aromatic rings. The Morgan fingerprint density at radius 1 is 1.11 bits per heavy atom. The third kappa shape index (κ3) is 5.82. The molecule has 0 aliphatic heterocycles. The summed E-state index contributed by atoms with van der Waals surface area (Å²) < 4.78 is 7.30. The molecule has 3 rings (SSSR count). The molecule has 0 radical (unpaired) electrons. The van der Waals surface area contributed by atoms with Gasteiger partial charge in [0, 0.05) is 34.1 Å². The number of imidazole rings is 1. The molecule has 0 bridgehead atoms. The first kappa shape index (κ1) is 20.4. The lowest BCUT2D eigenvalue weighted by atomic mass is 10.1. The van der Waals surface area contributed by atoms with Gasteiger partial charge >= 0.3 is 0 Å².